The lowest BCUT2D eigenvalue weighted by molar-refractivity contribution is -0.142. The molecule has 110 valence electrons. The summed E-state index contributed by atoms with van der Waals surface area (Å²) in [6.07, 6.45) is 6.08. The van der Waals surface area contributed by atoms with Crippen molar-refractivity contribution in [3.8, 4) is 0 Å². The predicted octanol–water partition coefficient (Wildman–Crippen LogP) is 2.55. The zero-order valence-electron chi connectivity index (χ0n) is 11.4. The SMILES string of the molecule is Cn1cc(Br)cc1C(=O)N[C@H]1CCCCC[C@H]1C(=O)O. The highest BCUT2D eigenvalue weighted by molar-refractivity contribution is 9.10. The number of carbonyl (C=O) groups is 2. The second kappa shape index (κ2) is 6.43. The summed E-state index contributed by atoms with van der Waals surface area (Å²) >= 11 is 3.33. The van der Waals surface area contributed by atoms with E-state index in [1.807, 2.05) is 0 Å². The average molecular weight is 343 g/mol. The third kappa shape index (κ3) is 3.42. The van der Waals surface area contributed by atoms with Crippen LogP contribution < -0.4 is 5.32 Å². The lowest BCUT2D eigenvalue weighted by Crippen LogP contribution is -2.43. The highest BCUT2D eigenvalue weighted by Crippen LogP contribution is 2.24. The molecule has 1 aromatic heterocycles. The van der Waals surface area contributed by atoms with E-state index in [4.69, 9.17) is 0 Å². The summed E-state index contributed by atoms with van der Waals surface area (Å²) in [4.78, 5) is 23.6. The Balaban J connectivity index is 2.11. The van der Waals surface area contributed by atoms with Crippen molar-refractivity contribution in [1.82, 2.24) is 9.88 Å². The Hall–Kier alpha value is -1.30. The van der Waals surface area contributed by atoms with Gasteiger partial charge < -0.3 is 15.0 Å². The van der Waals surface area contributed by atoms with Crippen LogP contribution in [0.2, 0.25) is 0 Å². The Morgan fingerprint density at radius 2 is 2.05 bits per heavy atom. The van der Waals surface area contributed by atoms with Gasteiger partial charge in [0.05, 0.1) is 5.92 Å². The zero-order valence-corrected chi connectivity index (χ0v) is 13.0. The molecule has 5 nitrogen and oxygen atoms in total. The van der Waals surface area contributed by atoms with Gasteiger partial charge in [0.15, 0.2) is 0 Å². The first-order valence-corrected chi connectivity index (χ1v) is 7.64. The van der Waals surface area contributed by atoms with Crippen LogP contribution in [0.4, 0.5) is 0 Å². The number of carboxylic acid groups (broad SMARTS) is 1. The number of halogens is 1. The molecule has 1 aliphatic carbocycles. The molecule has 1 heterocycles. The summed E-state index contributed by atoms with van der Waals surface area (Å²) < 4.78 is 2.56. The molecule has 1 fully saturated rings. The first-order valence-electron chi connectivity index (χ1n) is 6.84. The Bertz CT molecular complexity index is 513. The lowest BCUT2D eigenvalue weighted by atomic mass is 9.95. The highest BCUT2D eigenvalue weighted by atomic mass is 79.9. The van der Waals surface area contributed by atoms with Gasteiger partial charge >= 0.3 is 5.97 Å². The summed E-state index contributed by atoms with van der Waals surface area (Å²) in [7, 11) is 1.79. The number of carbonyl (C=O) groups excluding carboxylic acids is 1. The maximum absolute atomic E-state index is 12.3. The van der Waals surface area contributed by atoms with Crippen molar-refractivity contribution in [2.75, 3.05) is 0 Å². The van der Waals surface area contributed by atoms with Crippen molar-refractivity contribution in [1.29, 1.82) is 0 Å². The molecule has 0 aromatic carbocycles. The maximum atomic E-state index is 12.3. The van der Waals surface area contributed by atoms with Crippen molar-refractivity contribution < 1.29 is 14.7 Å². The second-order valence-corrected chi connectivity index (χ2v) is 6.23. The summed E-state index contributed by atoms with van der Waals surface area (Å²) in [5.41, 5.74) is 0.533. The van der Waals surface area contributed by atoms with Crippen LogP contribution in [0.3, 0.4) is 0 Å². The van der Waals surface area contributed by atoms with Crippen molar-refractivity contribution in [3.63, 3.8) is 0 Å². The molecular formula is C14H19BrN2O3. The molecule has 6 heteroatoms. The number of rotatable bonds is 3. The molecule has 0 aliphatic heterocycles. The summed E-state index contributed by atoms with van der Waals surface area (Å²) in [6, 6.07) is 1.46. The van der Waals surface area contributed by atoms with Crippen molar-refractivity contribution >= 4 is 27.8 Å². The number of nitrogens with one attached hydrogen (secondary N) is 1. The van der Waals surface area contributed by atoms with Gasteiger partial charge in [0.25, 0.3) is 5.91 Å². The van der Waals surface area contributed by atoms with Gasteiger partial charge in [-0.15, -0.1) is 0 Å². The fourth-order valence-corrected chi connectivity index (χ4v) is 3.29. The average Bonchev–Trinajstić information content (AvgIpc) is 2.60. The molecule has 0 spiro atoms. The molecule has 20 heavy (non-hydrogen) atoms. The number of hydrogen-bond acceptors (Lipinski definition) is 2. The van der Waals surface area contributed by atoms with Gasteiger partial charge in [-0.1, -0.05) is 19.3 Å². The van der Waals surface area contributed by atoms with Crippen LogP contribution in [-0.2, 0) is 11.8 Å². The van der Waals surface area contributed by atoms with Crippen LogP contribution in [0.5, 0.6) is 0 Å². The Morgan fingerprint density at radius 3 is 2.65 bits per heavy atom. The van der Waals surface area contributed by atoms with Crippen LogP contribution >= 0.6 is 15.9 Å². The molecule has 2 atom stereocenters. The Kier molecular flexibility index (Phi) is 4.86. The van der Waals surface area contributed by atoms with Crippen molar-refractivity contribution in [2.24, 2.45) is 13.0 Å². The van der Waals surface area contributed by atoms with Gasteiger partial charge in [-0.25, -0.2) is 0 Å². The van der Waals surface area contributed by atoms with E-state index >= 15 is 0 Å². The normalized spacial score (nSPS) is 23.1. The van der Waals surface area contributed by atoms with Gasteiger partial charge in [0.2, 0.25) is 0 Å². The van der Waals surface area contributed by atoms with Gasteiger partial charge in [-0.3, -0.25) is 9.59 Å². The molecule has 0 bridgehead atoms. The van der Waals surface area contributed by atoms with Crippen LogP contribution in [-0.4, -0.2) is 27.6 Å². The molecule has 1 saturated carbocycles. The number of aryl methyl sites for hydroxylation is 1. The number of nitrogens with zero attached hydrogens (tertiary/aromatic N) is 1. The second-order valence-electron chi connectivity index (χ2n) is 5.32. The molecule has 1 aromatic rings. The van der Waals surface area contributed by atoms with Crippen molar-refractivity contribution in [3.05, 3.63) is 22.4 Å². The molecule has 0 unspecified atom stereocenters. The molecule has 0 saturated heterocycles. The Morgan fingerprint density at radius 1 is 1.35 bits per heavy atom. The molecule has 2 rings (SSSR count). The van der Waals surface area contributed by atoms with E-state index in [1.165, 1.54) is 0 Å². The topological polar surface area (TPSA) is 71.3 Å². The highest BCUT2D eigenvalue weighted by Gasteiger charge is 2.31. The van der Waals surface area contributed by atoms with E-state index in [2.05, 4.69) is 21.2 Å². The summed E-state index contributed by atoms with van der Waals surface area (Å²) in [5.74, 6) is -1.51. The van der Waals surface area contributed by atoms with Gasteiger partial charge in [0.1, 0.15) is 5.69 Å². The molecule has 0 radical (unpaired) electrons. The van der Waals surface area contributed by atoms with Gasteiger partial charge in [-0.05, 0) is 34.8 Å². The first kappa shape index (κ1) is 15.1. The van der Waals surface area contributed by atoms with Gasteiger partial charge in [0, 0.05) is 23.8 Å². The quantitative estimate of drug-likeness (QED) is 0.829. The predicted molar refractivity (Wildman–Crippen MR) is 78.6 cm³/mol. The van der Waals surface area contributed by atoms with Crippen LogP contribution in [0.1, 0.15) is 42.6 Å². The van der Waals surface area contributed by atoms with Crippen LogP contribution in [0, 0.1) is 5.92 Å². The van der Waals surface area contributed by atoms with E-state index in [0.29, 0.717) is 12.1 Å². The fraction of sp³-hybridized carbons (Fsp3) is 0.571. The third-order valence-electron chi connectivity index (χ3n) is 3.85. The monoisotopic (exact) mass is 342 g/mol. The lowest BCUT2D eigenvalue weighted by Gasteiger charge is -2.22. The van der Waals surface area contributed by atoms with Crippen molar-refractivity contribution in [2.45, 2.75) is 38.1 Å². The number of aliphatic carboxylic acids is 1. The largest absolute Gasteiger partial charge is 0.481 e. The maximum Gasteiger partial charge on any atom is 0.308 e. The molecule has 2 N–H and O–H groups in total. The minimum Gasteiger partial charge on any atom is -0.481 e. The number of hydrogen-bond donors (Lipinski definition) is 2. The molecule has 1 aliphatic rings. The molecular weight excluding hydrogens is 324 g/mol. The minimum atomic E-state index is -0.815. The van der Waals surface area contributed by atoms with Gasteiger partial charge in [-0.2, -0.15) is 0 Å². The summed E-state index contributed by atoms with van der Waals surface area (Å²) in [5, 5.41) is 12.2. The van der Waals surface area contributed by atoms with Crippen LogP contribution in [0.25, 0.3) is 0 Å². The van der Waals surface area contributed by atoms with E-state index in [1.54, 1.807) is 23.9 Å². The fourth-order valence-electron chi connectivity index (χ4n) is 2.77. The molecule has 1 amide bonds. The van der Waals surface area contributed by atoms with E-state index in [9.17, 15) is 14.7 Å². The number of aromatic nitrogens is 1. The van der Waals surface area contributed by atoms with Crippen LogP contribution in [0.15, 0.2) is 16.7 Å². The first-order chi connectivity index (χ1) is 9.49. The Labute approximate surface area is 126 Å². The standard InChI is InChI=1S/C14H19BrN2O3/c1-17-8-9(15)7-12(17)13(18)16-11-6-4-2-3-5-10(11)14(19)20/h7-8,10-11H,2-6H2,1H3,(H,16,18)(H,19,20)/t10-,11+/m1/s1. The minimum absolute atomic E-state index is 0.212. The number of carboxylic acids is 1. The summed E-state index contributed by atoms with van der Waals surface area (Å²) in [6.45, 7) is 0. The third-order valence-corrected chi connectivity index (χ3v) is 4.29. The zero-order chi connectivity index (χ0) is 14.7. The number of amides is 1. The van der Waals surface area contributed by atoms with E-state index in [-0.39, 0.29) is 11.9 Å². The van der Waals surface area contributed by atoms with E-state index < -0.39 is 11.9 Å². The smallest absolute Gasteiger partial charge is 0.308 e. The van der Waals surface area contributed by atoms with E-state index in [0.717, 1.165) is 30.2 Å².